The third-order valence-corrected chi connectivity index (χ3v) is 4.51. The number of amides is 1. The maximum Gasteiger partial charge on any atom is 0.310 e. The first-order valence-electron chi connectivity index (χ1n) is 6.31. The van der Waals surface area contributed by atoms with Crippen LogP contribution in [0, 0.1) is 5.82 Å². The molecule has 1 aliphatic rings. The minimum absolute atomic E-state index is 0.0805. The van der Waals surface area contributed by atoms with Crippen LogP contribution in [0.4, 0.5) is 14.0 Å². The Bertz CT molecular complexity index is 719. The third-order valence-electron chi connectivity index (χ3n) is 3.40. The number of rotatable bonds is 4. The average Bonchev–Trinajstić information content (AvgIpc) is 2.83. The second kappa shape index (κ2) is 5.99. The van der Waals surface area contributed by atoms with E-state index in [0.29, 0.717) is 0 Å². The number of benzene rings is 1. The fourth-order valence-corrected chi connectivity index (χ4v) is 2.86. The summed E-state index contributed by atoms with van der Waals surface area (Å²) in [6.45, 7) is -0.368. The SMILES string of the molecule is COC(=O)Cc1ccc(N2CC(S(=O)(=O)F)CC2=O)cc1F. The molecule has 1 aromatic carbocycles. The van der Waals surface area contributed by atoms with Crippen LogP contribution in [-0.4, -0.2) is 39.2 Å². The highest BCUT2D eigenvalue weighted by Crippen LogP contribution is 2.27. The van der Waals surface area contributed by atoms with Gasteiger partial charge in [-0.1, -0.05) is 6.07 Å². The molecule has 1 aromatic rings. The molecule has 0 spiro atoms. The van der Waals surface area contributed by atoms with Crippen LogP contribution in [0.2, 0.25) is 0 Å². The summed E-state index contributed by atoms with van der Waals surface area (Å²) in [5.74, 6) is -1.96. The standard InChI is InChI=1S/C13H13F2NO5S/c1-21-13(18)4-8-2-3-9(5-11(8)14)16-7-10(6-12(16)17)22(15,19)20/h2-3,5,10H,4,6-7H2,1H3. The van der Waals surface area contributed by atoms with E-state index in [1.54, 1.807) is 0 Å². The molecule has 0 radical (unpaired) electrons. The largest absolute Gasteiger partial charge is 0.469 e. The molecular formula is C13H13F2NO5S. The smallest absolute Gasteiger partial charge is 0.310 e. The summed E-state index contributed by atoms with van der Waals surface area (Å²) in [4.78, 5) is 23.9. The van der Waals surface area contributed by atoms with E-state index in [1.807, 2.05) is 0 Å². The summed E-state index contributed by atoms with van der Waals surface area (Å²) in [6.07, 6.45) is -0.748. The predicted molar refractivity (Wildman–Crippen MR) is 72.9 cm³/mol. The Balaban J connectivity index is 2.22. The van der Waals surface area contributed by atoms with Gasteiger partial charge in [0.2, 0.25) is 5.91 Å². The predicted octanol–water partition coefficient (Wildman–Crippen LogP) is 0.946. The Morgan fingerprint density at radius 3 is 2.64 bits per heavy atom. The van der Waals surface area contributed by atoms with Gasteiger partial charge in [-0.2, -0.15) is 8.42 Å². The second-order valence-corrected chi connectivity index (χ2v) is 6.45. The highest BCUT2D eigenvalue weighted by molar-refractivity contribution is 7.87. The molecule has 0 aliphatic carbocycles. The van der Waals surface area contributed by atoms with Gasteiger partial charge in [-0.3, -0.25) is 9.59 Å². The molecule has 1 unspecified atom stereocenters. The summed E-state index contributed by atoms with van der Waals surface area (Å²) in [5, 5.41) is -1.45. The van der Waals surface area contributed by atoms with Crippen molar-refractivity contribution in [2.75, 3.05) is 18.6 Å². The van der Waals surface area contributed by atoms with Gasteiger partial charge in [-0.25, -0.2) is 4.39 Å². The van der Waals surface area contributed by atoms with Crippen LogP contribution in [-0.2, 0) is 31.0 Å². The summed E-state index contributed by atoms with van der Waals surface area (Å²) in [7, 11) is -3.66. The maximum absolute atomic E-state index is 13.9. The zero-order valence-electron chi connectivity index (χ0n) is 11.6. The van der Waals surface area contributed by atoms with Gasteiger partial charge >= 0.3 is 16.2 Å². The first kappa shape index (κ1) is 16.3. The van der Waals surface area contributed by atoms with E-state index in [9.17, 15) is 26.3 Å². The number of esters is 1. The number of carbonyl (C=O) groups excluding carboxylic acids is 2. The Morgan fingerprint density at radius 2 is 2.14 bits per heavy atom. The summed E-state index contributed by atoms with van der Waals surface area (Å²) in [6, 6.07) is 3.67. The summed E-state index contributed by atoms with van der Waals surface area (Å²) >= 11 is 0. The highest BCUT2D eigenvalue weighted by Gasteiger charge is 2.39. The number of anilines is 1. The molecule has 0 aromatic heterocycles. The quantitative estimate of drug-likeness (QED) is 0.605. The van der Waals surface area contributed by atoms with Gasteiger partial charge in [0.25, 0.3) is 0 Å². The van der Waals surface area contributed by atoms with Gasteiger partial charge in [-0.05, 0) is 17.7 Å². The molecule has 0 bridgehead atoms. The van der Waals surface area contributed by atoms with Crippen molar-refractivity contribution < 1.29 is 31.0 Å². The van der Waals surface area contributed by atoms with E-state index < -0.39 is 39.6 Å². The first-order valence-corrected chi connectivity index (χ1v) is 7.76. The number of carbonyl (C=O) groups is 2. The van der Waals surface area contributed by atoms with Crippen molar-refractivity contribution in [2.24, 2.45) is 0 Å². The minimum atomic E-state index is -4.83. The first-order chi connectivity index (χ1) is 10.2. The molecular weight excluding hydrogens is 320 g/mol. The molecule has 6 nitrogen and oxygen atoms in total. The molecule has 22 heavy (non-hydrogen) atoms. The van der Waals surface area contributed by atoms with Gasteiger partial charge in [-0.15, -0.1) is 3.89 Å². The fourth-order valence-electron chi connectivity index (χ4n) is 2.19. The number of ether oxygens (including phenoxy) is 1. The van der Waals surface area contributed by atoms with Gasteiger partial charge in [0.05, 0.1) is 13.5 Å². The second-order valence-electron chi connectivity index (χ2n) is 4.83. The van der Waals surface area contributed by atoms with Crippen molar-refractivity contribution in [3.8, 4) is 0 Å². The van der Waals surface area contributed by atoms with Crippen molar-refractivity contribution in [1.82, 2.24) is 0 Å². The molecule has 0 saturated carbocycles. The molecule has 9 heteroatoms. The molecule has 1 atom stereocenters. The number of hydrogen-bond donors (Lipinski definition) is 0. The van der Waals surface area contributed by atoms with Crippen LogP contribution < -0.4 is 4.90 Å². The normalized spacial score (nSPS) is 18.6. The molecule has 0 N–H and O–H groups in total. The number of halogens is 2. The monoisotopic (exact) mass is 333 g/mol. The van der Waals surface area contributed by atoms with Crippen LogP contribution in [0.15, 0.2) is 18.2 Å². The molecule has 1 saturated heterocycles. The molecule has 120 valence electrons. The van der Waals surface area contributed by atoms with E-state index in [2.05, 4.69) is 4.74 Å². The lowest BCUT2D eigenvalue weighted by atomic mass is 10.1. The molecule has 1 amide bonds. The van der Waals surface area contributed by atoms with E-state index in [0.717, 1.165) is 11.0 Å². The Hall–Kier alpha value is -2.03. The van der Waals surface area contributed by atoms with Crippen molar-refractivity contribution >= 4 is 27.8 Å². The molecule has 1 aliphatic heterocycles. The third kappa shape index (κ3) is 3.41. The number of methoxy groups -OCH3 is 1. The van der Waals surface area contributed by atoms with Crippen molar-refractivity contribution in [2.45, 2.75) is 18.1 Å². The lowest BCUT2D eigenvalue weighted by Crippen LogP contribution is -2.27. The van der Waals surface area contributed by atoms with E-state index in [4.69, 9.17) is 0 Å². The lowest BCUT2D eigenvalue weighted by Gasteiger charge is -2.17. The number of hydrogen-bond acceptors (Lipinski definition) is 5. The highest BCUT2D eigenvalue weighted by atomic mass is 32.3. The van der Waals surface area contributed by atoms with E-state index >= 15 is 0 Å². The minimum Gasteiger partial charge on any atom is -0.469 e. The van der Waals surface area contributed by atoms with Gasteiger partial charge in [0.1, 0.15) is 11.1 Å². The van der Waals surface area contributed by atoms with Crippen LogP contribution >= 0.6 is 0 Å². The van der Waals surface area contributed by atoms with Crippen molar-refractivity contribution in [3.05, 3.63) is 29.6 Å². The zero-order valence-corrected chi connectivity index (χ0v) is 12.4. The van der Waals surface area contributed by atoms with Crippen LogP contribution in [0.1, 0.15) is 12.0 Å². The number of nitrogens with zero attached hydrogens (tertiary/aromatic N) is 1. The fraction of sp³-hybridized carbons (Fsp3) is 0.385. The van der Waals surface area contributed by atoms with Gasteiger partial charge in [0, 0.05) is 18.7 Å². The maximum atomic E-state index is 13.9. The Kier molecular flexibility index (Phi) is 4.45. The van der Waals surface area contributed by atoms with Crippen LogP contribution in [0.25, 0.3) is 0 Å². The summed E-state index contributed by atoms with van der Waals surface area (Å²) < 4.78 is 53.0. The van der Waals surface area contributed by atoms with Gasteiger partial charge < -0.3 is 9.64 Å². The molecule has 1 heterocycles. The average molecular weight is 333 g/mol. The van der Waals surface area contributed by atoms with Crippen molar-refractivity contribution in [3.63, 3.8) is 0 Å². The van der Waals surface area contributed by atoms with Crippen LogP contribution in [0.3, 0.4) is 0 Å². The van der Waals surface area contributed by atoms with E-state index in [-0.39, 0.29) is 24.2 Å². The van der Waals surface area contributed by atoms with Crippen molar-refractivity contribution in [1.29, 1.82) is 0 Å². The van der Waals surface area contributed by atoms with Crippen LogP contribution in [0.5, 0.6) is 0 Å². The van der Waals surface area contributed by atoms with E-state index in [1.165, 1.54) is 19.2 Å². The lowest BCUT2D eigenvalue weighted by molar-refractivity contribution is -0.139. The zero-order chi connectivity index (χ0) is 16.5. The Morgan fingerprint density at radius 1 is 1.45 bits per heavy atom. The summed E-state index contributed by atoms with van der Waals surface area (Å²) in [5.41, 5.74) is 0.194. The van der Waals surface area contributed by atoms with Gasteiger partial charge in [0.15, 0.2) is 0 Å². The Labute approximate surface area is 125 Å². The topological polar surface area (TPSA) is 80.8 Å². The molecule has 1 fully saturated rings. The molecule has 2 rings (SSSR count).